The molecule has 0 spiro atoms. The number of rotatable bonds is 85. The van der Waals surface area contributed by atoms with E-state index >= 15 is 0 Å². The molecule has 0 fully saturated rings. The normalized spacial score (nSPS) is 13.8. The van der Waals surface area contributed by atoms with Crippen LogP contribution < -0.4 is 0 Å². The number of phosphoric acid groups is 2. The molecule has 624 valence electrons. The number of hydrogen-bond acceptors (Lipinski definition) is 15. The number of hydrogen-bond donors (Lipinski definition) is 3. The zero-order valence-electron chi connectivity index (χ0n) is 69.0. The lowest BCUT2D eigenvalue weighted by molar-refractivity contribution is -0.161. The predicted octanol–water partition coefficient (Wildman–Crippen LogP) is 26.2. The van der Waals surface area contributed by atoms with E-state index in [1.54, 1.807) is 0 Å². The highest BCUT2D eigenvalue weighted by atomic mass is 31.2. The first kappa shape index (κ1) is 103. The maximum Gasteiger partial charge on any atom is 0.472 e. The van der Waals surface area contributed by atoms with E-state index in [4.69, 9.17) is 37.0 Å². The fraction of sp³-hybridized carbons (Fsp3) is 0.953. The van der Waals surface area contributed by atoms with Crippen molar-refractivity contribution in [3.05, 3.63) is 0 Å². The molecule has 0 rings (SSSR count). The van der Waals surface area contributed by atoms with E-state index in [1.807, 2.05) is 0 Å². The van der Waals surface area contributed by atoms with Gasteiger partial charge in [0, 0.05) is 25.7 Å². The Morgan fingerprint density at radius 2 is 0.438 bits per heavy atom. The summed E-state index contributed by atoms with van der Waals surface area (Å²) in [7, 11) is -9.93. The first-order chi connectivity index (χ1) is 50.9. The summed E-state index contributed by atoms with van der Waals surface area (Å²) in [6, 6.07) is 0. The van der Waals surface area contributed by atoms with Gasteiger partial charge in [-0.1, -0.05) is 408 Å². The first-order valence-electron chi connectivity index (χ1n) is 44.5. The monoisotopic (exact) mass is 1540 g/mol. The Balaban J connectivity index is 5.25. The topological polar surface area (TPSA) is 237 Å². The number of ether oxygens (including phenoxy) is 4. The third-order valence-corrected chi connectivity index (χ3v) is 22.1. The van der Waals surface area contributed by atoms with Crippen molar-refractivity contribution in [2.24, 2.45) is 11.8 Å². The third-order valence-electron chi connectivity index (χ3n) is 20.2. The molecule has 105 heavy (non-hydrogen) atoms. The minimum atomic E-state index is -4.97. The molecule has 0 aromatic carbocycles. The molecule has 0 aromatic heterocycles. The van der Waals surface area contributed by atoms with Gasteiger partial charge in [-0.05, 0) is 37.5 Å². The molecule has 0 aliphatic heterocycles. The fourth-order valence-corrected chi connectivity index (χ4v) is 15.0. The Morgan fingerprint density at radius 3 is 0.648 bits per heavy atom. The summed E-state index contributed by atoms with van der Waals surface area (Å²) in [5, 5.41) is 10.7. The van der Waals surface area contributed by atoms with Crippen LogP contribution in [0.2, 0.25) is 0 Å². The number of unbranched alkanes of at least 4 members (excludes halogenated alkanes) is 55. The Labute approximate surface area is 645 Å². The maximum atomic E-state index is 13.1. The van der Waals surface area contributed by atoms with Gasteiger partial charge in [0.05, 0.1) is 26.4 Å². The molecule has 0 aromatic rings. The lowest BCUT2D eigenvalue weighted by Gasteiger charge is -2.21. The van der Waals surface area contributed by atoms with Crippen LogP contribution in [-0.2, 0) is 65.4 Å². The smallest absolute Gasteiger partial charge is 0.462 e. The van der Waals surface area contributed by atoms with E-state index in [1.165, 1.54) is 276 Å². The molecule has 17 nitrogen and oxygen atoms in total. The van der Waals surface area contributed by atoms with Crippen LogP contribution in [0.3, 0.4) is 0 Å². The van der Waals surface area contributed by atoms with Crippen molar-refractivity contribution >= 4 is 39.5 Å². The van der Waals surface area contributed by atoms with Gasteiger partial charge in [0.1, 0.15) is 19.3 Å². The molecule has 0 bridgehead atoms. The highest BCUT2D eigenvalue weighted by Crippen LogP contribution is 2.45. The van der Waals surface area contributed by atoms with Crippen LogP contribution in [0, 0.1) is 11.8 Å². The molecular weight excluding hydrogens is 1370 g/mol. The zero-order valence-corrected chi connectivity index (χ0v) is 70.8. The van der Waals surface area contributed by atoms with Crippen molar-refractivity contribution < 1.29 is 80.2 Å². The van der Waals surface area contributed by atoms with Gasteiger partial charge in [0.25, 0.3) is 0 Å². The summed E-state index contributed by atoms with van der Waals surface area (Å²) in [6.07, 6.45) is 69.3. The summed E-state index contributed by atoms with van der Waals surface area (Å²) in [5.41, 5.74) is 0. The van der Waals surface area contributed by atoms with Crippen molar-refractivity contribution in [3.8, 4) is 0 Å². The van der Waals surface area contributed by atoms with E-state index < -0.39 is 97.5 Å². The van der Waals surface area contributed by atoms with Gasteiger partial charge >= 0.3 is 39.5 Å². The number of esters is 4. The largest absolute Gasteiger partial charge is 0.472 e. The minimum Gasteiger partial charge on any atom is -0.462 e. The van der Waals surface area contributed by atoms with Gasteiger partial charge in [-0.2, -0.15) is 0 Å². The van der Waals surface area contributed by atoms with Crippen molar-refractivity contribution in [1.82, 2.24) is 0 Å². The Hall–Kier alpha value is -1.94. The number of phosphoric ester groups is 2. The van der Waals surface area contributed by atoms with Crippen LogP contribution in [0.25, 0.3) is 0 Å². The van der Waals surface area contributed by atoms with E-state index in [-0.39, 0.29) is 25.7 Å². The number of aliphatic hydroxyl groups is 1. The lowest BCUT2D eigenvalue weighted by Crippen LogP contribution is -2.30. The highest BCUT2D eigenvalue weighted by molar-refractivity contribution is 7.47. The minimum absolute atomic E-state index is 0.108. The Kier molecular flexibility index (Phi) is 76.0. The van der Waals surface area contributed by atoms with Crippen molar-refractivity contribution in [2.75, 3.05) is 39.6 Å². The SMILES string of the molecule is CCCCCCCCCCCCCCCCCCCCCCCC(=O)O[C@H](COC(=O)CCCCCCCCCCCCCCCC(C)C)COP(=O)(O)OC[C@@H](O)COP(=O)(O)OC[C@@H](COC(=O)CCCCCCCCCCCCCC)OC(=O)CCCCCCCCCCCCCCCC(C)C. The van der Waals surface area contributed by atoms with E-state index in [9.17, 15) is 43.2 Å². The lowest BCUT2D eigenvalue weighted by atomic mass is 10.0. The van der Waals surface area contributed by atoms with Crippen LogP contribution >= 0.6 is 15.6 Å². The molecule has 5 atom stereocenters. The quantitative estimate of drug-likeness (QED) is 0.0222. The predicted molar refractivity (Wildman–Crippen MR) is 432 cm³/mol. The van der Waals surface area contributed by atoms with E-state index in [2.05, 4.69) is 41.5 Å². The standard InChI is InChI=1S/C86H168O17P2/c1-7-9-11-13-15-17-19-21-22-23-24-25-26-27-28-33-40-46-52-58-64-70-85(90)102-82(75-97-84(89)69-63-57-51-45-39-34-29-31-36-42-48-54-60-66-78(3)4)77-101-105(94,95)99-73-80(87)72-98-104(92,93)100-76-81(74-96-83(88)68-62-56-50-44-38-20-18-16-14-12-10-8-2)103-86(91)71-65-59-53-47-41-35-30-32-37-43-49-55-61-67-79(5)6/h78-82,87H,7-77H2,1-6H3,(H,92,93)(H,94,95)/t80-,81+,82+/m0/s1. The highest BCUT2D eigenvalue weighted by Gasteiger charge is 2.30. The summed E-state index contributed by atoms with van der Waals surface area (Å²) in [4.78, 5) is 73.2. The Bertz CT molecular complexity index is 2010. The summed E-state index contributed by atoms with van der Waals surface area (Å²) >= 11 is 0. The molecule has 0 amide bonds. The summed E-state index contributed by atoms with van der Waals surface area (Å²) in [6.45, 7) is 9.71. The number of carbonyl (C=O) groups is 4. The Morgan fingerprint density at radius 1 is 0.257 bits per heavy atom. The van der Waals surface area contributed by atoms with Gasteiger partial charge in [-0.25, -0.2) is 9.13 Å². The second kappa shape index (κ2) is 77.4. The second-order valence-corrected chi connectivity index (χ2v) is 34.8. The maximum absolute atomic E-state index is 13.1. The van der Waals surface area contributed by atoms with Crippen molar-refractivity contribution in [2.45, 2.75) is 477 Å². The first-order valence-corrected chi connectivity index (χ1v) is 47.5. The average molecular weight is 1540 g/mol. The molecular formula is C86H168O17P2. The molecule has 3 N–H and O–H groups in total. The van der Waals surface area contributed by atoms with Crippen LogP contribution in [-0.4, -0.2) is 96.7 Å². The molecule has 0 radical (unpaired) electrons. The van der Waals surface area contributed by atoms with Crippen LogP contribution in [0.15, 0.2) is 0 Å². The zero-order chi connectivity index (χ0) is 77.1. The van der Waals surface area contributed by atoms with Gasteiger partial charge < -0.3 is 33.8 Å². The van der Waals surface area contributed by atoms with Crippen molar-refractivity contribution in [3.63, 3.8) is 0 Å². The molecule has 0 aliphatic rings. The van der Waals surface area contributed by atoms with Crippen molar-refractivity contribution in [1.29, 1.82) is 0 Å². The van der Waals surface area contributed by atoms with Crippen LogP contribution in [0.5, 0.6) is 0 Å². The average Bonchev–Trinajstić information content (AvgIpc) is 0.912. The summed E-state index contributed by atoms with van der Waals surface area (Å²) < 4.78 is 68.9. The van der Waals surface area contributed by atoms with Gasteiger partial charge in [0.15, 0.2) is 12.2 Å². The molecule has 19 heteroatoms. The van der Waals surface area contributed by atoms with E-state index in [0.717, 1.165) is 102 Å². The van der Waals surface area contributed by atoms with Gasteiger partial charge in [-0.3, -0.25) is 37.3 Å². The van der Waals surface area contributed by atoms with Gasteiger partial charge in [0.2, 0.25) is 0 Å². The number of aliphatic hydroxyl groups excluding tert-OH is 1. The molecule has 0 aliphatic carbocycles. The molecule has 0 saturated carbocycles. The van der Waals surface area contributed by atoms with Crippen LogP contribution in [0.1, 0.15) is 459 Å². The fourth-order valence-electron chi connectivity index (χ4n) is 13.4. The molecule has 0 heterocycles. The third kappa shape index (κ3) is 79.9. The van der Waals surface area contributed by atoms with Crippen LogP contribution in [0.4, 0.5) is 0 Å². The molecule has 2 unspecified atom stereocenters. The number of carbonyl (C=O) groups excluding carboxylic acids is 4. The summed E-state index contributed by atoms with van der Waals surface area (Å²) in [5.74, 6) is -0.523. The second-order valence-electron chi connectivity index (χ2n) is 31.9. The van der Waals surface area contributed by atoms with E-state index in [0.29, 0.717) is 25.7 Å². The molecule has 0 saturated heterocycles. The van der Waals surface area contributed by atoms with Gasteiger partial charge in [-0.15, -0.1) is 0 Å².